The van der Waals surface area contributed by atoms with Gasteiger partial charge in [0, 0.05) is 5.75 Å². The first-order chi connectivity index (χ1) is 11.1. The number of carboxylic acid groups (broad SMARTS) is 1. The van der Waals surface area contributed by atoms with Crippen LogP contribution < -0.4 is 0 Å². The van der Waals surface area contributed by atoms with Crippen molar-refractivity contribution >= 4 is 17.7 Å². The van der Waals surface area contributed by atoms with Gasteiger partial charge in [-0.15, -0.1) is 0 Å². The molecule has 0 aliphatic carbocycles. The van der Waals surface area contributed by atoms with Gasteiger partial charge in [0.15, 0.2) is 0 Å². The molecule has 3 nitrogen and oxygen atoms in total. The molecular weight excluding hydrogens is 308 g/mol. The second kappa shape index (κ2) is 16.2. The van der Waals surface area contributed by atoms with Gasteiger partial charge in [0.25, 0.3) is 0 Å². The summed E-state index contributed by atoms with van der Waals surface area (Å²) in [7, 11) is 0. The minimum atomic E-state index is -0.779. The van der Waals surface area contributed by atoms with Crippen LogP contribution in [0.1, 0.15) is 90.9 Å². The number of allylic oxidation sites excluding steroid dienone is 1. The van der Waals surface area contributed by atoms with E-state index in [2.05, 4.69) is 6.92 Å². The van der Waals surface area contributed by atoms with Gasteiger partial charge in [-0.25, -0.2) is 0 Å². The van der Waals surface area contributed by atoms with Gasteiger partial charge in [0.1, 0.15) is 5.76 Å². The minimum absolute atomic E-state index is 0.00234. The van der Waals surface area contributed by atoms with Crippen LogP contribution in [0.3, 0.4) is 0 Å². The number of hydrogen-bond acceptors (Lipinski definition) is 3. The Balaban J connectivity index is 3.45. The van der Waals surface area contributed by atoms with E-state index < -0.39 is 5.97 Å². The maximum Gasteiger partial charge on any atom is 0.304 e. The highest BCUT2D eigenvalue weighted by Crippen LogP contribution is 2.19. The van der Waals surface area contributed by atoms with E-state index in [4.69, 9.17) is 5.11 Å². The molecule has 0 radical (unpaired) electrons. The van der Waals surface area contributed by atoms with Crippen LogP contribution in [0.4, 0.5) is 0 Å². The fourth-order valence-electron chi connectivity index (χ4n) is 2.46. The number of aliphatic carboxylic acids is 1. The van der Waals surface area contributed by atoms with E-state index in [1.807, 2.05) is 13.0 Å². The second-order valence-corrected chi connectivity index (χ2v) is 7.71. The molecule has 0 rings (SSSR count). The van der Waals surface area contributed by atoms with Crippen molar-refractivity contribution in [1.29, 1.82) is 0 Å². The lowest BCUT2D eigenvalue weighted by Gasteiger charge is -2.09. The van der Waals surface area contributed by atoms with Crippen LogP contribution in [-0.2, 0) is 4.79 Å². The maximum absolute atomic E-state index is 10.4. The normalized spacial score (nSPS) is 13.2. The van der Waals surface area contributed by atoms with Gasteiger partial charge in [0.2, 0.25) is 0 Å². The largest absolute Gasteiger partial charge is 0.511 e. The Labute approximate surface area is 146 Å². The standard InChI is InChI=1S/C19H36O3S/c1-3-4-5-6-7-8-9-10-11-12-13-14-18(20)17(2)23-16-15-19(21)22/h14,17,20H,3-13,15-16H2,1-2H3,(H,21,22)/b18-14+. The average molecular weight is 345 g/mol. The van der Waals surface area contributed by atoms with Crippen molar-refractivity contribution in [3.8, 4) is 0 Å². The number of hydrogen-bond donors (Lipinski definition) is 2. The molecule has 0 fully saturated rings. The van der Waals surface area contributed by atoms with Gasteiger partial charge in [0.05, 0.1) is 11.7 Å². The van der Waals surface area contributed by atoms with E-state index >= 15 is 0 Å². The zero-order valence-corrected chi connectivity index (χ0v) is 15.9. The van der Waals surface area contributed by atoms with Crippen molar-refractivity contribution in [2.24, 2.45) is 0 Å². The lowest BCUT2D eigenvalue weighted by molar-refractivity contribution is -0.136. The lowest BCUT2D eigenvalue weighted by atomic mass is 10.1. The molecule has 0 aliphatic heterocycles. The van der Waals surface area contributed by atoms with E-state index in [1.54, 1.807) is 0 Å². The average Bonchev–Trinajstić information content (AvgIpc) is 2.51. The first kappa shape index (κ1) is 22.4. The molecule has 0 aromatic heterocycles. The zero-order chi connectivity index (χ0) is 17.3. The highest BCUT2D eigenvalue weighted by atomic mass is 32.2. The third-order valence-corrected chi connectivity index (χ3v) is 5.19. The van der Waals surface area contributed by atoms with E-state index in [9.17, 15) is 9.90 Å². The summed E-state index contributed by atoms with van der Waals surface area (Å²) in [5.74, 6) is 0.168. The lowest BCUT2D eigenvalue weighted by Crippen LogP contribution is -2.04. The van der Waals surface area contributed by atoms with E-state index in [0.717, 1.165) is 12.8 Å². The van der Waals surface area contributed by atoms with Crippen LogP contribution in [0.5, 0.6) is 0 Å². The minimum Gasteiger partial charge on any atom is -0.511 e. The first-order valence-electron chi connectivity index (χ1n) is 9.30. The third-order valence-electron chi connectivity index (χ3n) is 4.01. The monoisotopic (exact) mass is 344 g/mol. The summed E-state index contributed by atoms with van der Waals surface area (Å²) in [6.45, 7) is 4.18. The van der Waals surface area contributed by atoms with Crippen molar-refractivity contribution in [3.63, 3.8) is 0 Å². The molecular formula is C19H36O3S. The van der Waals surface area contributed by atoms with Crippen LogP contribution in [-0.4, -0.2) is 27.2 Å². The van der Waals surface area contributed by atoms with Crippen molar-refractivity contribution in [3.05, 3.63) is 11.8 Å². The molecule has 136 valence electrons. The van der Waals surface area contributed by atoms with Gasteiger partial charge in [-0.3, -0.25) is 4.79 Å². The molecule has 23 heavy (non-hydrogen) atoms. The number of rotatable bonds is 16. The van der Waals surface area contributed by atoms with Crippen LogP contribution in [0, 0.1) is 0 Å². The zero-order valence-electron chi connectivity index (χ0n) is 15.1. The predicted molar refractivity (Wildman–Crippen MR) is 101 cm³/mol. The van der Waals surface area contributed by atoms with Gasteiger partial charge in [-0.05, 0) is 25.8 Å². The number of unbranched alkanes of at least 4 members (excludes halogenated alkanes) is 10. The summed E-state index contributed by atoms with van der Waals surface area (Å²) in [5.41, 5.74) is 0. The first-order valence-corrected chi connectivity index (χ1v) is 10.3. The summed E-state index contributed by atoms with van der Waals surface area (Å²) in [5, 5.41) is 18.5. The van der Waals surface area contributed by atoms with Gasteiger partial charge in [-0.1, -0.05) is 64.7 Å². The number of aliphatic hydroxyl groups is 1. The summed E-state index contributed by atoms with van der Waals surface area (Å²) in [6.07, 6.45) is 16.2. The number of aliphatic hydroxyl groups excluding tert-OH is 1. The molecule has 0 saturated heterocycles. The summed E-state index contributed by atoms with van der Waals surface area (Å²) < 4.78 is 0. The maximum atomic E-state index is 10.4. The Hall–Kier alpha value is -0.640. The Morgan fingerprint density at radius 1 is 0.957 bits per heavy atom. The fourth-order valence-corrected chi connectivity index (χ4v) is 3.37. The smallest absolute Gasteiger partial charge is 0.304 e. The van der Waals surface area contributed by atoms with Crippen molar-refractivity contribution < 1.29 is 15.0 Å². The SMILES string of the molecule is CCCCCCCCCCCC/C=C(/O)C(C)SCCC(=O)O. The number of thioether (sulfide) groups is 1. The second-order valence-electron chi connectivity index (χ2n) is 6.26. The molecule has 0 aromatic rings. The van der Waals surface area contributed by atoms with Crippen molar-refractivity contribution in [1.82, 2.24) is 0 Å². The molecule has 0 amide bonds. The molecule has 1 atom stereocenters. The molecule has 0 saturated carbocycles. The summed E-state index contributed by atoms with van der Waals surface area (Å²) >= 11 is 1.50. The van der Waals surface area contributed by atoms with Crippen molar-refractivity contribution in [2.45, 2.75) is 96.1 Å². The van der Waals surface area contributed by atoms with E-state index in [1.165, 1.54) is 69.5 Å². The van der Waals surface area contributed by atoms with E-state index in [-0.39, 0.29) is 11.7 Å². The summed E-state index contributed by atoms with van der Waals surface area (Å²) in [4.78, 5) is 10.4. The topological polar surface area (TPSA) is 57.5 Å². The molecule has 0 heterocycles. The Morgan fingerprint density at radius 3 is 2.00 bits per heavy atom. The van der Waals surface area contributed by atoms with Crippen LogP contribution in [0.2, 0.25) is 0 Å². The van der Waals surface area contributed by atoms with Crippen LogP contribution in [0.15, 0.2) is 11.8 Å². The highest BCUT2D eigenvalue weighted by Gasteiger charge is 2.08. The fraction of sp³-hybridized carbons (Fsp3) is 0.842. The molecule has 2 N–H and O–H groups in total. The van der Waals surface area contributed by atoms with Gasteiger partial charge in [-0.2, -0.15) is 11.8 Å². The molecule has 1 unspecified atom stereocenters. The Morgan fingerprint density at radius 2 is 1.48 bits per heavy atom. The molecule has 0 aliphatic rings. The Kier molecular flexibility index (Phi) is 15.8. The quantitative estimate of drug-likeness (QED) is 0.253. The predicted octanol–water partition coefficient (Wildman–Crippen LogP) is 6.34. The highest BCUT2D eigenvalue weighted by molar-refractivity contribution is 8.00. The molecule has 4 heteroatoms. The van der Waals surface area contributed by atoms with Gasteiger partial charge < -0.3 is 10.2 Å². The van der Waals surface area contributed by atoms with E-state index in [0.29, 0.717) is 11.5 Å². The molecule has 0 aromatic carbocycles. The Bertz CT molecular complexity index is 316. The number of carboxylic acids is 1. The van der Waals surface area contributed by atoms with Crippen molar-refractivity contribution in [2.75, 3.05) is 5.75 Å². The third kappa shape index (κ3) is 16.0. The van der Waals surface area contributed by atoms with Crippen LogP contribution in [0.25, 0.3) is 0 Å². The molecule has 0 spiro atoms. The van der Waals surface area contributed by atoms with Crippen LogP contribution >= 0.6 is 11.8 Å². The number of carbonyl (C=O) groups is 1. The summed E-state index contributed by atoms with van der Waals surface area (Å²) in [6, 6.07) is 0. The van der Waals surface area contributed by atoms with Gasteiger partial charge >= 0.3 is 5.97 Å². The molecule has 0 bridgehead atoms.